The molecule has 20 heavy (non-hydrogen) atoms. The van der Waals surface area contributed by atoms with Gasteiger partial charge in [0.25, 0.3) is 0 Å². The summed E-state index contributed by atoms with van der Waals surface area (Å²) >= 11 is 0. The van der Waals surface area contributed by atoms with Gasteiger partial charge in [-0.15, -0.1) is 0 Å². The van der Waals surface area contributed by atoms with E-state index >= 15 is 0 Å². The largest absolute Gasteiger partial charge is 0.487 e. The Morgan fingerprint density at radius 2 is 2.10 bits per heavy atom. The molecule has 0 saturated heterocycles. The second kappa shape index (κ2) is 6.52. The molecule has 0 atom stereocenters. The van der Waals surface area contributed by atoms with Gasteiger partial charge in [0, 0.05) is 13.1 Å². The van der Waals surface area contributed by atoms with Gasteiger partial charge >= 0.3 is 0 Å². The molecule has 2 aromatic rings. The SMILES string of the molecule is CCc1cc(COc2cc(F)cc(CCN)c2)n(C)n1. The van der Waals surface area contributed by atoms with Crippen molar-refractivity contribution in [2.24, 2.45) is 12.8 Å². The molecule has 0 spiro atoms. The van der Waals surface area contributed by atoms with Crippen LogP contribution in [0.2, 0.25) is 0 Å². The fourth-order valence-corrected chi connectivity index (χ4v) is 2.05. The topological polar surface area (TPSA) is 53.1 Å². The monoisotopic (exact) mass is 277 g/mol. The third-order valence-electron chi connectivity index (χ3n) is 3.14. The van der Waals surface area contributed by atoms with Crippen molar-refractivity contribution >= 4 is 0 Å². The van der Waals surface area contributed by atoms with Gasteiger partial charge in [0.05, 0.1) is 11.4 Å². The first-order valence-corrected chi connectivity index (χ1v) is 6.76. The summed E-state index contributed by atoms with van der Waals surface area (Å²) in [5.74, 6) is 0.220. The van der Waals surface area contributed by atoms with Gasteiger partial charge in [0.2, 0.25) is 0 Å². The number of aryl methyl sites for hydroxylation is 2. The first kappa shape index (κ1) is 14.5. The molecule has 0 saturated carbocycles. The number of aromatic nitrogens is 2. The average molecular weight is 277 g/mol. The van der Waals surface area contributed by atoms with Gasteiger partial charge in [-0.25, -0.2) is 4.39 Å². The number of benzene rings is 1. The lowest BCUT2D eigenvalue weighted by atomic mass is 10.1. The van der Waals surface area contributed by atoms with Gasteiger partial charge in [-0.3, -0.25) is 4.68 Å². The Labute approximate surface area is 118 Å². The van der Waals surface area contributed by atoms with E-state index in [1.165, 1.54) is 12.1 Å². The van der Waals surface area contributed by atoms with Crippen LogP contribution in [0.4, 0.5) is 4.39 Å². The van der Waals surface area contributed by atoms with Crippen LogP contribution in [0.3, 0.4) is 0 Å². The number of ether oxygens (including phenoxy) is 1. The summed E-state index contributed by atoms with van der Waals surface area (Å²) in [5.41, 5.74) is 8.32. The van der Waals surface area contributed by atoms with E-state index in [0.29, 0.717) is 25.3 Å². The lowest BCUT2D eigenvalue weighted by Crippen LogP contribution is -2.05. The summed E-state index contributed by atoms with van der Waals surface area (Å²) in [5, 5.41) is 4.35. The molecule has 0 fully saturated rings. The number of nitrogens with zero attached hydrogens (tertiary/aromatic N) is 2. The first-order valence-electron chi connectivity index (χ1n) is 6.76. The third-order valence-corrected chi connectivity index (χ3v) is 3.14. The van der Waals surface area contributed by atoms with E-state index in [2.05, 4.69) is 12.0 Å². The van der Waals surface area contributed by atoms with Gasteiger partial charge in [0.15, 0.2) is 0 Å². The highest BCUT2D eigenvalue weighted by Crippen LogP contribution is 2.18. The van der Waals surface area contributed by atoms with Crippen LogP contribution in [-0.4, -0.2) is 16.3 Å². The second-order valence-corrected chi connectivity index (χ2v) is 4.73. The Balaban J connectivity index is 2.08. The average Bonchev–Trinajstić information content (AvgIpc) is 2.77. The number of hydrogen-bond donors (Lipinski definition) is 1. The number of nitrogens with two attached hydrogens (primary N) is 1. The fourth-order valence-electron chi connectivity index (χ4n) is 2.05. The molecule has 2 rings (SSSR count). The van der Waals surface area contributed by atoms with E-state index in [4.69, 9.17) is 10.5 Å². The van der Waals surface area contributed by atoms with Crippen molar-refractivity contribution in [1.82, 2.24) is 9.78 Å². The van der Waals surface area contributed by atoms with Gasteiger partial charge in [0.1, 0.15) is 18.2 Å². The first-order chi connectivity index (χ1) is 9.62. The highest BCUT2D eigenvalue weighted by molar-refractivity contribution is 5.30. The van der Waals surface area contributed by atoms with E-state index in [1.54, 1.807) is 4.68 Å². The van der Waals surface area contributed by atoms with Gasteiger partial charge in [-0.1, -0.05) is 6.92 Å². The van der Waals surface area contributed by atoms with E-state index in [0.717, 1.165) is 23.4 Å². The highest BCUT2D eigenvalue weighted by atomic mass is 19.1. The lowest BCUT2D eigenvalue weighted by molar-refractivity contribution is 0.293. The smallest absolute Gasteiger partial charge is 0.130 e. The van der Waals surface area contributed by atoms with Crippen molar-refractivity contribution in [2.75, 3.05) is 6.54 Å². The fraction of sp³-hybridized carbons (Fsp3) is 0.400. The zero-order valence-electron chi connectivity index (χ0n) is 11.9. The molecule has 0 aliphatic carbocycles. The van der Waals surface area contributed by atoms with Crippen molar-refractivity contribution in [3.63, 3.8) is 0 Å². The van der Waals surface area contributed by atoms with Gasteiger partial charge < -0.3 is 10.5 Å². The van der Waals surface area contributed by atoms with Crippen LogP contribution in [0.5, 0.6) is 5.75 Å². The van der Waals surface area contributed by atoms with Crippen LogP contribution >= 0.6 is 0 Å². The standard InChI is InChI=1S/C15H20FN3O/c1-3-13-9-14(19(2)18-13)10-20-15-7-11(4-5-17)6-12(16)8-15/h6-9H,3-5,10,17H2,1-2H3. The molecule has 0 radical (unpaired) electrons. The quantitative estimate of drug-likeness (QED) is 0.880. The van der Waals surface area contributed by atoms with Crippen molar-refractivity contribution in [3.8, 4) is 5.75 Å². The molecule has 0 bridgehead atoms. The van der Waals surface area contributed by atoms with Gasteiger partial charge in [-0.2, -0.15) is 5.10 Å². The Kier molecular flexibility index (Phi) is 4.74. The summed E-state index contributed by atoms with van der Waals surface area (Å²) in [6.45, 7) is 2.91. The normalized spacial score (nSPS) is 10.8. The maximum absolute atomic E-state index is 13.5. The molecule has 4 nitrogen and oxygen atoms in total. The second-order valence-electron chi connectivity index (χ2n) is 4.73. The summed E-state index contributed by atoms with van der Waals surface area (Å²) < 4.78 is 20.9. The van der Waals surface area contributed by atoms with Crippen LogP contribution in [0.15, 0.2) is 24.3 Å². The summed E-state index contributed by atoms with van der Waals surface area (Å²) in [6, 6.07) is 6.70. The number of rotatable bonds is 6. The molecule has 2 N–H and O–H groups in total. The van der Waals surface area contributed by atoms with Crippen LogP contribution < -0.4 is 10.5 Å². The zero-order chi connectivity index (χ0) is 14.5. The highest BCUT2D eigenvalue weighted by Gasteiger charge is 2.06. The molecular formula is C15H20FN3O. The molecule has 0 aliphatic heterocycles. The van der Waals surface area contributed by atoms with Crippen molar-refractivity contribution in [3.05, 3.63) is 47.0 Å². The summed E-state index contributed by atoms with van der Waals surface area (Å²) in [4.78, 5) is 0. The molecule has 0 unspecified atom stereocenters. The lowest BCUT2D eigenvalue weighted by Gasteiger charge is -2.08. The molecule has 0 amide bonds. The molecule has 1 heterocycles. The van der Waals surface area contributed by atoms with E-state index in [-0.39, 0.29) is 5.82 Å². The summed E-state index contributed by atoms with van der Waals surface area (Å²) in [6.07, 6.45) is 1.52. The molecule has 108 valence electrons. The minimum atomic E-state index is -0.301. The molecule has 1 aromatic carbocycles. The van der Waals surface area contributed by atoms with E-state index in [1.807, 2.05) is 19.2 Å². The van der Waals surface area contributed by atoms with Crippen LogP contribution in [-0.2, 0) is 26.5 Å². The molecule has 5 heteroatoms. The van der Waals surface area contributed by atoms with Crippen LogP contribution in [0.25, 0.3) is 0 Å². The predicted octanol–water partition coefficient (Wildman–Crippen LogP) is 2.20. The zero-order valence-corrected chi connectivity index (χ0v) is 11.9. The minimum Gasteiger partial charge on any atom is -0.487 e. The Hall–Kier alpha value is -1.88. The number of hydrogen-bond acceptors (Lipinski definition) is 3. The predicted molar refractivity (Wildman–Crippen MR) is 76.1 cm³/mol. The van der Waals surface area contributed by atoms with Crippen molar-refractivity contribution < 1.29 is 9.13 Å². The Bertz CT molecular complexity index is 580. The van der Waals surface area contributed by atoms with Crippen LogP contribution in [0.1, 0.15) is 23.9 Å². The Morgan fingerprint density at radius 3 is 2.75 bits per heavy atom. The van der Waals surface area contributed by atoms with Crippen LogP contribution in [0, 0.1) is 5.82 Å². The minimum absolute atomic E-state index is 0.301. The molecular weight excluding hydrogens is 257 g/mol. The van der Waals surface area contributed by atoms with E-state index in [9.17, 15) is 4.39 Å². The third kappa shape index (κ3) is 3.57. The maximum atomic E-state index is 13.5. The maximum Gasteiger partial charge on any atom is 0.130 e. The van der Waals surface area contributed by atoms with Gasteiger partial charge in [-0.05, 0) is 43.1 Å². The molecule has 0 aliphatic rings. The Morgan fingerprint density at radius 1 is 1.30 bits per heavy atom. The van der Waals surface area contributed by atoms with Crippen molar-refractivity contribution in [1.29, 1.82) is 0 Å². The van der Waals surface area contributed by atoms with Crippen molar-refractivity contribution in [2.45, 2.75) is 26.4 Å². The summed E-state index contributed by atoms with van der Waals surface area (Å²) in [7, 11) is 1.88. The van der Waals surface area contributed by atoms with E-state index < -0.39 is 0 Å². The molecule has 1 aromatic heterocycles. The number of halogens is 1.